The molecule has 2 aromatic rings. The van der Waals surface area contributed by atoms with Crippen LogP contribution >= 0.6 is 0 Å². The van der Waals surface area contributed by atoms with E-state index >= 15 is 0 Å². The van der Waals surface area contributed by atoms with Crippen LogP contribution in [0.4, 0.5) is 14.5 Å². The average Bonchev–Trinajstić information content (AvgIpc) is 2.78. The molecule has 0 aliphatic rings. The Morgan fingerprint density at radius 2 is 1.68 bits per heavy atom. The molecule has 0 bridgehead atoms. The second-order valence-electron chi connectivity index (χ2n) is 8.09. The molecule has 0 saturated heterocycles. The van der Waals surface area contributed by atoms with E-state index in [0.717, 1.165) is 35.6 Å². The molecule has 10 heteroatoms. The van der Waals surface area contributed by atoms with Gasteiger partial charge < -0.3 is 10.2 Å². The molecular formula is C24H31F2N3O4S. The lowest BCUT2D eigenvalue weighted by atomic mass is 10.1. The summed E-state index contributed by atoms with van der Waals surface area (Å²) in [5, 5.41) is 2.79. The number of hydrogen-bond acceptors (Lipinski definition) is 4. The van der Waals surface area contributed by atoms with Gasteiger partial charge in [-0.2, -0.15) is 0 Å². The summed E-state index contributed by atoms with van der Waals surface area (Å²) in [6.07, 6.45) is 1.89. The molecule has 2 amide bonds. The number of nitrogens with zero attached hydrogens (tertiary/aromatic N) is 2. The van der Waals surface area contributed by atoms with E-state index in [9.17, 15) is 26.8 Å². The summed E-state index contributed by atoms with van der Waals surface area (Å²) in [6, 6.07) is 9.17. The number of halogens is 2. The zero-order valence-corrected chi connectivity index (χ0v) is 20.7. The smallest absolute Gasteiger partial charge is 0.244 e. The molecule has 0 radical (unpaired) electrons. The van der Waals surface area contributed by atoms with E-state index < -0.39 is 40.2 Å². The van der Waals surface area contributed by atoms with Crippen LogP contribution in [0.1, 0.15) is 37.8 Å². The Morgan fingerprint density at radius 1 is 1.03 bits per heavy atom. The Balaban J connectivity index is 2.43. The van der Waals surface area contributed by atoms with E-state index in [1.54, 1.807) is 6.92 Å². The van der Waals surface area contributed by atoms with Gasteiger partial charge in [-0.15, -0.1) is 0 Å². The Bertz CT molecular complexity index is 1110. The fourth-order valence-corrected chi connectivity index (χ4v) is 4.27. The van der Waals surface area contributed by atoms with Crippen LogP contribution in [0.5, 0.6) is 0 Å². The molecule has 2 rings (SSSR count). The van der Waals surface area contributed by atoms with Crippen LogP contribution in [-0.4, -0.2) is 50.5 Å². The highest BCUT2D eigenvalue weighted by Gasteiger charge is 2.31. The Labute approximate surface area is 199 Å². The lowest BCUT2D eigenvalue weighted by Gasteiger charge is -2.33. The highest BCUT2D eigenvalue weighted by atomic mass is 32.2. The second-order valence-corrected chi connectivity index (χ2v) is 10.00. The van der Waals surface area contributed by atoms with Gasteiger partial charge >= 0.3 is 0 Å². The predicted molar refractivity (Wildman–Crippen MR) is 128 cm³/mol. The summed E-state index contributed by atoms with van der Waals surface area (Å²) in [7, 11) is -4.03. The van der Waals surface area contributed by atoms with E-state index in [1.165, 1.54) is 4.90 Å². The number of benzene rings is 2. The standard InChI is InChI=1S/C24H31F2N3O4S/c1-5-13-27-24(31)22(6-2)28(15-18-9-7-17(3)8-10-18)23(30)16-29(34(4,32)33)19-11-12-20(25)21(26)14-19/h7-12,14,22H,5-6,13,15-16H2,1-4H3,(H,27,31)/t22-/m0/s1. The molecule has 1 atom stereocenters. The first-order valence-corrected chi connectivity index (χ1v) is 12.9. The third-order valence-electron chi connectivity index (χ3n) is 5.28. The van der Waals surface area contributed by atoms with Gasteiger partial charge in [-0.3, -0.25) is 13.9 Å². The second kappa shape index (κ2) is 11.9. The molecule has 0 heterocycles. The van der Waals surface area contributed by atoms with Crippen LogP contribution in [0.15, 0.2) is 42.5 Å². The topological polar surface area (TPSA) is 86.8 Å². The zero-order chi connectivity index (χ0) is 25.5. The van der Waals surface area contributed by atoms with E-state index in [-0.39, 0.29) is 18.1 Å². The predicted octanol–water partition coefficient (Wildman–Crippen LogP) is 3.37. The summed E-state index contributed by atoms with van der Waals surface area (Å²) in [5.74, 6) is -3.36. The molecule has 0 aliphatic heterocycles. The maximum Gasteiger partial charge on any atom is 0.244 e. The number of rotatable bonds is 11. The van der Waals surface area contributed by atoms with Crippen LogP contribution in [0, 0.1) is 18.6 Å². The van der Waals surface area contributed by atoms with Gasteiger partial charge in [0.05, 0.1) is 11.9 Å². The molecule has 0 spiro atoms. The minimum Gasteiger partial charge on any atom is -0.354 e. The molecular weight excluding hydrogens is 464 g/mol. The zero-order valence-electron chi connectivity index (χ0n) is 19.8. The number of carbonyl (C=O) groups excluding carboxylic acids is 2. The van der Waals surface area contributed by atoms with Gasteiger partial charge in [-0.25, -0.2) is 17.2 Å². The first-order chi connectivity index (χ1) is 16.0. The van der Waals surface area contributed by atoms with Gasteiger partial charge in [0.15, 0.2) is 11.6 Å². The number of aryl methyl sites for hydroxylation is 1. The minimum atomic E-state index is -4.03. The van der Waals surface area contributed by atoms with Crippen molar-refractivity contribution in [2.75, 3.05) is 23.7 Å². The molecule has 0 saturated carbocycles. The highest BCUT2D eigenvalue weighted by Crippen LogP contribution is 2.22. The lowest BCUT2D eigenvalue weighted by molar-refractivity contribution is -0.140. The van der Waals surface area contributed by atoms with Crippen molar-refractivity contribution in [1.29, 1.82) is 0 Å². The largest absolute Gasteiger partial charge is 0.354 e. The van der Waals surface area contributed by atoms with E-state index in [4.69, 9.17) is 0 Å². The SMILES string of the molecule is CCCNC(=O)[C@H](CC)N(Cc1ccc(C)cc1)C(=O)CN(c1ccc(F)c(F)c1)S(C)(=O)=O. The number of hydrogen-bond donors (Lipinski definition) is 1. The molecule has 7 nitrogen and oxygen atoms in total. The lowest BCUT2D eigenvalue weighted by Crippen LogP contribution is -2.52. The van der Waals surface area contributed by atoms with Gasteiger partial charge in [-0.05, 0) is 37.5 Å². The Kier molecular flexibility index (Phi) is 9.55. The first kappa shape index (κ1) is 27.2. The highest BCUT2D eigenvalue weighted by molar-refractivity contribution is 7.92. The van der Waals surface area contributed by atoms with Crippen molar-refractivity contribution in [3.8, 4) is 0 Å². The molecule has 0 aliphatic carbocycles. The van der Waals surface area contributed by atoms with Crippen LogP contribution < -0.4 is 9.62 Å². The molecule has 0 unspecified atom stereocenters. The maximum absolute atomic E-state index is 13.8. The number of sulfonamides is 1. The van der Waals surface area contributed by atoms with Gasteiger partial charge in [0.1, 0.15) is 12.6 Å². The number of carbonyl (C=O) groups is 2. The quantitative estimate of drug-likeness (QED) is 0.518. The normalized spacial score (nSPS) is 12.2. The van der Waals surface area contributed by atoms with Crippen LogP contribution in [-0.2, 0) is 26.2 Å². The summed E-state index contributed by atoms with van der Waals surface area (Å²) < 4.78 is 52.8. The van der Waals surface area contributed by atoms with Gasteiger partial charge in [-0.1, -0.05) is 43.7 Å². The summed E-state index contributed by atoms with van der Waals surface area (Å²) in [4.78, 5) is 27.6. The summed E-state index contributed by atoms with van der Waals surface area (Å²) in [6.45, 7) is 5.43. The minimum absolute atomic E-state index is 0.0759. The number of amides is 2. The van der Waals surface area contributed by atoms with E-state index in [1.807, 2.05) is 38.1 Å². The third-order valence-corrected chi connectivity index (χ3v) is 6.42. The fourth-order valence-electron chi connectivity index (χ4n) is 3.43. The van der Waals surface area contributed by atoms with Crippen molar-refractivity contribution >= 4 is 27.5 Å². The monoisotopic (exact) mass is 495 g/mol. The maximum atomic E-state index is 13.8. The van der Waals surface area contributed by atoms with E-state index in [2.05, 4.69) is 5.32 Å². The van der Waals surface area contributed by atoms with Crippen LogP contribution in [0.2, 0.25) is 0 Å². The Hall–Kier alpha value is -3.01. The molecule has 0 fully saturated rings. The summed E-state index contributed by atoms with van der Waals surface area (Å²) in [5.41, 5.74) is 1.60. The van der Waals surface area contributed by atoms with Crippen molar-refractivity contribution in [1.82, 2.24) is 10.2 Å². The van der Waals surface area contributed by atoms with Crippen molar-refractivity contribution < 1.29 is 26.8 Å². The van der Waals surface area contributed by atoms with Crippen LogP contribution in [0.25, 0.3) is 0 Å². The van der Waals surface area contributed by atoms with E-state index in [0.29, 0.717) is 23.7 Å². The molecule has 1 N–H and O–H groups in total. The first-order valence-electron chi connectivity index (χ1n) is 11.0. The van der Waals surface area contributed by atoms with Crippen LogP contribution in [0.3, 0.4) is 0 Å². The van der Waals surface area contributed by atoms with Crippen molar-refractivity contribution in [3.05, 3.63) is 65.2 Å². The average molecular weight is 496 g/mol. The molecule has 0 aromatic heterocycles. The number of anilines is 1. The third kappa shape index (κ3) is 7.24. The Morgan fingerprint density at radius 3 is 2.21 bits per heavy atom. The molecule has 34 heavy (non-hydrogen) atoms. The number of nitrogens with one attached hydrogen (secondary N) is 1. The fraction of sp³-hybridized carbons (Fsp3) is 0.417. The van der Waals surface area contributed by atoms with Crippen molar-refractivity contribution in [2.45, 2.75) is 46.2 Å². The van der Waals surface area contributed by atoms with Gasteiger partial charge in [0.2, 0.25) is 21.8 Å². The van der Waals surface area contributed by atoms with Crippen molar-refractivity contribution in [2.24, 2.45) is 0 Å². The molecule has 186 valence electrons. The van der Waals surface area contributed by atoms with Gasteiger partial charge in [0, 0.05) is 19.2 Å². The summed E-state index contributed by atoms with van der Waals surface area (Å²) >= 11 is 0. The molecule has 2 aromatic carbocycles. The van der Waals surface area contributed by atoms with Crippen molar-refractivity contribution in [3.63, 3.8) is 0 Å². The van der Waals surface area contributed by atoms with Gasteiger partial charge in [0.25, 0.3) is 0 Å².